The zero-order valence-corrected chi connectivity index (χ0v) is 19.0. The highest BCUT2D eigenvalue weighted by Gasteiger charge is 2.40. The Hall–Kier alpha value is -1.69. The molecule has 158 valence electrons. The molecule has 2 aromatic carbocycles. The molecule has 0 radical (unpaired) electrons. The number of ether oxygens (including phenoxy) is 1. The predicted octanol–water partition coefficient (Wildman–Crippen LogP) is 4.68. The number of hydrogen-bond donors (Lipinski definition) is 2. The van der Waals surface area contributed by atoms with Gasteiger partial charge in [0, 0.05) is 10.9 Å². The number of benzene rings is 2. The summed E-state index contributed by atoms with van der Waals surface area (Å²) < 4.78 is 5.61. The van der Waals surface area contributed by atoms with E-state index < -0.39 is 5.41 Å². The van der Waals surface area contributed by atoms with Gasteiger partial charge in [-0.25, -0.2) is 0 Å². The van der Waals surface area contributed by atoms with Gasteiger partial charge in [-0.2, -0.15) is 0 Å². The third kappa shape index (κ3) is 5.27. The fraction of sp³-hybridized carbons (Fsp3) is 0.435. The summed E-state index contributed by atoms with van der Waals surface area (Å²) in [6.45, 7) is 0. The third-order valence-corrected chi connectivity index (χ3v) is 6.85. The van der Waals surface area contributed by atoms with Gasteiger partial charge in [0.25, 0.3) is 0 Å². The molecule has 0 aromatic heterocycles. The molecule has 0 bridgehead atoms. The van der Waals surface area contributed by atoms with Crippen molar-refractivity contribution in [2.24, 2.45) is 11.1 Å². The fourth-order valence-electron chi connectivity index (χ4n) is 4.21. The molecule has 0 unspecified atom stereocenters. The topological polar surface area (TPSA) is 64.3 Å². The number of rotatable bonds is 7. The normalized spacial score (nSPS) is 21.3. The van der Waals surface area contributed by atoms with E-state index in [1.807, 2.05) is 13.1 Å². The van der Waals surface area contributed by atoms with E-state index in [0.717, 1.165) is 48.1 Å². The summed E-state index contributed by atoms with van der Waals surface area (Å²) >= 11 is 1.73. The van der Waals surface area contributed by atoms with Crippen molar-refractivity contribution in [3.63, 3.8) is 0 Å². The average Bonchev–Trinajstić information content (AvgIpc) is 2.74. The van der Waals surface area contributed by atoms with E-state index in [4.69, 9.17) is 10.5 Å². The van der Waals surface area contributed by atoms with Crippen molar-refractivity contribution in [2.45, 2.75) is 43.0 Å². The second kappa shape index (κ2) is 10.4. The molecule has 1 amide bonds. The number of nitrogens with two attached hydrogens (primary N) is 1. The molecular weight excluding hydrogens is 404 g/mol. The SMILES string of the molecule is CNC1CCC(Cc2cc(-c3ccc(SC)cc3)ccc2OC)(C(N)=O)CC1.Cl. The minimum atomic E-state index is -0.498. The van der Waals surface area contributed by atoms with Crippen molar-refractivity contribution in [3.8, 4) is 16.9 Å². The molecule has 0 atom stereocenters. The lowest BCUT2D eigenvalue weighted by Gasteiger charge is -2.38. The Morgan fingerprint density at radius 1 is 1.17 bits per heavy atom. The smallest absolute Gasteiger partial charge is 0.223 e. The highest BCUT2D eigenvalue weighted by Crippen LogP contribution is 2.41. The van der Waals surface area contributed by atoms with Crippen LogP contribution in [0.4, 0.5) is 0 Å². The van der Waals surface area contributed by atoms with Gasteiger partial charge >= 0.3 is 0 Å². The van der Waals surface area contributed by atoms with Crippen molar-refractivity contribution >= 4 is 30.1 Å². The lowest BCUT2D eigenvalue weighted by atomic mass is 9.68. The first-order valence-electron chi connectivity index (χ1n) is 9.80. The van der Waals surface area contributed by atoms with Crippen LogP contribution >= 0.6 is 24.2 Å². The monoisotopic (exact) mass is 434 g/mol. The molecule has 4 nitrogen and oxygen atoms in total. The van der Waals surface area contributed by atoms with Crippen LogP contribution in [0.5, 0.6) is 5.75 Å². The van der Waals surface area contributed by atoms with Crippen molar-refractivity contribution in [1.29, 1.82) is 0 Å². The van der Waals surface area contributed by atoms with Crippen LogP contribution in [0, 0.1) is 5.41 Å². The third-order valence-electron chi connectivity index (χ3n) is 6.11. The van der Waals surface area contributed by atoms with E-state index in [9.17, 15) is 4.79 Å². The van der Waals surface area contributed by atoms with E-state index in [1.165, 1.54) is 4.90 Å². The Morgan fingerprint density at radius 2 is 1.79 bits per heavy atom. The Kier molecular flexibility index (Phi) is 8.44. The summed E-state index contributed by atoms with van der Waals surface area (Å²) in [5, 5.41) is 3.33. The molecule has 0 heterocycles. The van der Waals surface area contributed by atoms with Gasteiger partial charge < -0.3 is 15.8 Å². The first-order chi connectivity index (χ1) is 13.5. The molecule has 1 saturated carbocycles. The maximum atomic E-state index is 12.5. The summed E-state index contributed by atoms with van der Waals surface area (Å²) in [6, 6.07) is 15.2. The maximum absolute atomic E-state index is 12.5. The number of methoxy groups -OCH3 is 1. The summed E-state index contributed by atoms with van der Waals surface area (Å²) in [7, 11) is 3.66. The quantitative estimate of drug-likeness (QED) is 0.621. The molecule has 2 aromatic rings. The zero-order chi connectivity index (χ0) is 20.1. The van der Waals surface area contributed by atoms with Crippen LogP contribution in [0.15, 0.2) is 47.4 Å². The highest BCUT2D eigenvalue weighted by molar-refractivity contribution is 7.98. The number of carbonyl (C=O) groups is 1. The number of carbonyl (C=O) groups excluding carboxylic acids is 1. The Bertz CT molecular complexity index is 818. The van der Waals surface area contributed by atoms with Crippen molar-refractivity contribution in [3.05, 3.63) is 48.0 Å². The standard InChI is InChI=1S/C23H30N2O2S.ClH/c1-25-19-10-12-23(13-11-19,22(24)26)15-18-14-17(6-9-21(18)27-2)16-4-7-20(28-3)8-5-16;/h4-9,14,19,25H,10-13,15H2,1-3H3,(H2,24,26);1H. The maximum Gasteiger partial charge on any atom is 0.223 e. The van der Waals surface area contributed by atoms with Gasteiger partial charge in [-0.15, -0.1) is 24.2 Å². The van der Waals surface area contributed by atoms with Crippen LogP contribution < -0.4 is 15.8 Å². The molecule has 3 N–H and O–H groups in total. The Balaban J connectivity index is 0.00000300. The highest BCUT2D eigenvalue weighted by atomic mass is 35.5. The van der Waals surface area contributed by atoms with E-state index >= 15 is 0 Å². The van der Waals surface area contributed by atoms with Gasteiger partial charge in [-0.1, -0.05) is 18.2 Å². The Labute approximate surface area is 184 Å². The van der Waals surface area contributed by atoms with E-state index in [0.29, 0.717) is 12.5 Å². The molecule has 0 aliphatic heterocycles. The van der Waals surface area contributed by atoms with Crippen molar-refractivity contribution in [2.75, 3.05) is 20.4 Å². The average molecular weight is 435 g/mol. The second-order valence-corrected chi connectivity index (χ2v) is 8.52. The molecule has 1 aliphatic rings. The van der Waals surface area contributed by atoms with Crippen LogP contribution in [0.2, 0.25) is 0 Å². The van der Waals surface area contributed by atoms with Gasteiger partial charge in [-0.3, -0.25) is 4.79 Å². The molecule has 1 fully saturated rings. The van der Waals surface area contributed by atoms with Gasteiger partial charge in [0.15, 0.2) is 0 Å². The first kappa shape index (κ1) is 23.6. The van der Waals surface area contributed by atoms with Gasteiger partial charge in [-0.05, 0) is 86.4 Å². The summed E-state index contributed by atoms with van der Waals surface area (Å²) in [6.07, 6.45) is 6.26. The molecule has 6 heteroatoms. The fourth-order valence-corrected chi connectivity index (χ4v) is 4.62. The van der Waals surface area contributed by atoms with Gasteiger partial charge in [0.1, 0.15) is 5.75 Å². The van der Waals surface area contributed by atoms with Crippen molar-refractivity contribution < 1.29 is 9.53 Å². The minimum Gasteiger partial charge on any atom is -0.496 e. The summed E-state index contributed by atoms with van der Waals surface area (Å²) in [4.78, 5) is 13.7. The predicted molar refractivity (Wildman–Crippen MR) is 124 cm³/mol. The minimum absolute atomic E-state index is 0. The molecule has 29 heavy (non-hydrogen) atoms. The first-order valence-corrected chi connectivity index (χ1v) is 11.0. The van der Waals surface area contributed by atoms with Gasteiger partial charge in [0.05, 0.1) is 12.5 Å². The number of amides is 1. The van der Waals surface area contributed by atoms with E-state index in [-0.39, 0.29) is 18.3 Å². The van der Waals surface area contributed by atoms with Crippen LogP contribution in [-0.4, -0.2) is 32.4 Å². The van der Waals surface area contributed by atoms with Crippen LogP contribution in [0.25, 0.3) is 11.1 Å². The largest absolute Gasteiger partial charge is 0.496 e. The molecular formula is C23H31ClN2O2S. The number of halogens is 1. The second-order valence-electron chi connectivity index (χ2n) is 7.64. The van der Waals surface area contributed by atoms with Gasteiger partial charge in [0.2, 0.25) is 5.91 Å². The van der Waals surface area contributed by atoms with Crippen LogP contribution in [0.3, 0.4) is 0 Å². The lowest BCUT2D eigenvalue weighted by Crippen LogP contribution is -2.45. The van der Waals surface area contributed by atoms with Crippen LogP contribution in [0.1, 0.15) is 31.2 Å². The number of primary amides is 1. The number of thioether (sulfide) groups is 1. The summed E-state index contributed by atoms with van der Waals surface area (Å²) in [5.74, 6) is 0.625. The van der Waals surface area contributed by atoms with Crippen LogP contribution in [-0.2, 0) is 11.2 Å². The molecule has 0 saturated heterocycles. The molecule has 1 aliphatic carbocycles. The molecule has 3 rings (SSSR count). The van der Waals surface area contributed by atoms with E-state index in [2.05, 4.69) is 48.0 Å². The molecule has 0 spiro atoms. The van der Waals surface area contributed by atoms with Crippen molar-refractivity contribution in [1.82, 2.24) is 5.32 Å². The lowest BCUT2D eigenvalue weighted by molar-refractivity contribution is -0.129. The van der Waals surface area contributed by atoms with E-state index in [1.54, 1.807) is 18.9 Å². The summed E-state index contributed by atoms with van der Waals surface area (Å²) in [5.41, 5.74) is 8.75. The number of nitrogens with one attached hydrogen (secondary N) is 1. The number of hydrogen-bond acceptors (Lipinski definition) is 4. The zero-order valence-electron chi connectivity index (χ0n) is 17.4. The Morgan fingerprint density at radius 3 is 2.31 bits per heavy atom.